The third kappa shape index (κ3) is 4.27. The van der Waals surface area contributed by atoms with Crippen LogP contribution in [0, 0.1) is 0 Å². The first kappa shape index (κ1) is 9.37. The van der Waals surface area contributed by atoms with Gasteiger partial charge in [0.15, 0.2) is 0 Å². The zero-order chi connectivity index (χ0) is 8.15. The van der Waals surface area contributed by atoms with Gasteiger partial charge in [-0.15, -0.1) is 9.24 Å². The van der Waals surface area contributed by atoms with Crippen LogP contribution in [0.2, 0.25) is 0 Å². The molecule has 0 aliphatic carbocycles. The molecule has 0 amide bonds. The molecule has 0 aliphatic rings. The molecular weight excluding hydrogens is 155 g/mol. The summed E-state index contributed by atoms with van der Waals surface area (Å²) in [5.41, 5.74) is -0.643. The van der Waals surface area contributed by atoms with Gasteiger partial charge in [0, 0.05) is 6.42 Å². The monoisotopic (exact) mass is 164 g/mol. The molecule has 0 aromatic heterocycles. The highest BCUT2D eigenvalue weighted by molar-refractivity contribution is 7.19. The summed E-state index contributed by atoms with van der Waals surface area (Å²) < 4.78 is 0. The zero-order valence-electron chi connectivity index (χ0n) is 5.28. The maximum absolute atomic E-state index is 10.1. The Kier molecular flexibility index (Phi) is 3.96. The van der Waals surface area contributed by atoms with Gasteiger partial charge in [0.1, 0.15) is 0 Å². The van der Waals surface area contributed by atoms with Gasteiger partial charge in [-0.3, -0.25) is 9.59 Å². The highest BCUT2D eigenvalue weighted by Crippen LogP contribution is 2.07. The molecule has 58 valence electrons. The highest BCUT2D eigenvalue weighted by atomic mass is 31.0. The zero-order valence-corrected chi connectivity index (χ0v) is 6.43. The number of hydrogen-bond donors (Lipinski definition) is 2. The van der Waals surface area contributed by atoms with Crippen molar-refractivity contribution in [3.63, 3.8) is 0 Å². The van der Waals surface area contributed by atoms with E-state index in [2.05, 4.69) is 9.24 Å². The number of carboxylic acids is 2. The number of carboxylic acid groups (broad SMARTS) is 2. The fourth-order valence-electron chi connectivity index (χ4n) is 0.402. The van der Waals surface area contributed by atoms with Crippen LogP contribution in [-0.4, -0.2) is 27.8 Å². The number of aliphatic carboxylic acids is 2. The molecule has 0 aromatic carbocycles. The van der Waals surface area contributed by atoms with Crippen LogP contribution >= 0.6 is 9.24 Å². The summed E-state index contributed by atoms with van der Waals surface area (Å²) in [6, 6.07) is 0. The maximum atomic E-state index is 10.1. The van der Waals surface area contributed by atoms with E-state index in [0.717, 1.165) is 0 Å². The Labute approximate surface area is 60.4 Å². The third-order valence-corrected chi connectivity index (χ3v) is 1.60. The third-order valence-electron chi connectivity index (χ3n) is 0.986. The second kappa shape index (κ2) is 4.23. The van der Waals surface area contributed by atoms with Gasteiger partial charge in [-0.2, -0.15) is 0 Å². The van der Waals surface area contributed by atoms with Crippen LogP contribution in [0.15, 0.2) is 0 Å². The Bertz CT molecular complexity index is 145. The topological polar surface area (TPSA) is 74.6 Å². The molecule has 0 aliphatic heterocycles. The smallest absolute Gasteiger partial charge is 0.310 e. The van der Waals surface area contributed by atoms with Crippen LogP contribution in [-0.2, 0) is 9.59 Å². The Morgan fingerprint density at radius 3 is 2.20 bits per heavy atom. The van der Waals surface area contributed by atoms with Crippen molar-refractivity contribution in [1.29, 1.82) is 0 Å². The highest BCUT2D eigenvalue weighted by Gasteiger charge is 2.11. The molecule has 0 rings (SSSR count). The molecule has 10 heavy (non-hydrogen) atoms. The first-order chi connectivity index (χ1) is 4.54. The molecule has 2 N–H and O–H groups in total. The van der Waals surface area contributed by atoms with Crippen LogP contribution in [0.4, 0.5) is 0 Å². The van der Waals surface area contributed by atoms with E-state index in [1.807, 2.05) is 0 Å². The molecular formula is C5H9O4P. The summed E-state index contributed by atoms with van der Waals surface area (Å²) in [5, 5.41) is 16.4. The number of carbonyl (C=O) groups is 2. The van der Waals surface area contributed by atoms with E-state index in [1.54, 1.807) is 0 Å². The lowest BCUT2D eigenvalue weighted by Gasteiger charge is -2.00. The number of rotatable bonds is 4. The summed E-state index contributed by atoms with van der Waals surface area (Å²) in [6.45, 7) is 0. The fourth-order valence-corrected chi connectivity index (χ4v) is 0.569. The Hall–Kier alpha value is -0.630. The summed E-state index contributed by atoms with van der Waals surface area (Å²) in [6.07, 6.45) is 0.0653. The van der Waals surface area contributed by atoms with Crippen molar-refractivity contribution in [2.75, 3.05) is 0 Å². The normalized spacial score (nSPS) is 12.5. The van der Waals surface area contributed by atoms with Crippen molar-refractivity contribution >= 4 is 21.2 Å². The Balaban J connectivity index is 3.49. The van der Waals surface area contributed by atoms with Gasteiger partial charge < -0.3 is 10.2 Å². The van der Waals surface area contributed by atoms with Gasteiger partial charge >= 0.3 is 11.9 Å². The predicted octanol–water partition coefficient (Wildman–Crippen LogP) is 0.179. The van der Waals surface area contributed by atoms with Crippen molar-refractivity contribution in [3.8, 4) is 0 Å². The van der Waals surface area contributed by atoms with Crippen molar-refractivity contribution < 1.29 is 19.8 Å². The average molecular weight is 164 g/mol. The van der Waals surface area contributed by atoms with Crippen LogP contribution in [0.25, 0.3) is 0 Å². The van der Waals surface area contributed by atoms with Crippen molar-refractivity contribution in [2.45, 2.75) is 18.5 Å². The lowest BCUT2D eigenvalue weighted by atomic mass is 10.2. The van der Waals surface area contributed by atoms with Gasteiger partial charge in [0.2, 0.25) is 0 Å². The molecule has 0 spiro atoms. The van der Waals surface area contributed by atoms with Crippen LogP contribution < -0.4 is 0 Å². The Morgan fingerprint density at radius 2 is 1.90 bits per heavy atom. The predicted molar refractivity (Wildman–Crippen MR) is 38.0 cm³/mol. The molecule has 0 saturated carbocycles. The van der Waals surface area contributed by atoms with Crippen LogP contribution in [0.1, 0.15) is 12.8 Å². The van der Waals surface area contributed by atoms with E-state index >= 15 is 0 Å². The quantitative estimate of drug-likeness (QED) is 0.581. The molecule has 0 fully saturated rings. The summed E-state index contributed by atoms with van der Waals surface area (Å²) in [5.74, 6) is -1.94. The molecule has 0 saturated heterocycles. The van der Waals surface area contributed by atoms with E-state index in [4.69, 9.17) is 10.2 Å². The Morgan fingerprint density at radius 1 is 1.40 bits per heavy atom. The molecule has 4 nitrogen and oxygen atoms in total. The van der Waals surface area contributed by atoms with Crippen molar-refractivity contribution in [1.82, 2.24) is 0 Å². The first-order valence-electron chi connectivity index (χ1n) is 2.74. The molecule has 0 heterocycles. The standard InChI is InChI=1S/C5H9O4P/c6-4(7)2-1-3(10)5(8)9/h3H,1-2,10H2,(H,6,7)(H,8,9)/t3-/m0/s1. The average Bonchev–Trinajstić information content (AvgIpc) is 1.82. The minimum absolute atomic E-state index is 0.0968. The molecule has 0 bridgehead atoms. The summed E-state index contributed by atoms with van der Waals surface area (Å²) in [7, 11) is 2.08. The summed E-state index contributed by atoms with van der Waals surface area (Å²) >= 11 is 0. The fraction of sp³-hybridized carbons (Fsp3) is 0.600. The SMILES string of the molecule is O=C(O)CC[C@H](P)C(=O)O. The largest absolute Gasteiger partial charge is 0.481 e. The van der Waals surface area contributed by atoms with E-state index in [1.165, 1.54) is 0 Å². The van der Waals surface area contributed by atoms with E-state index in [-0.39, 0.29) is 12.8 Å². The molecule has 2 atom stereocenters. The van der Waals surface area contributed by atoms with Gasteiger partial charge in [-0.1, -0.05) is 0 Å². The van der Waals surface area contributed by atoms with Gasteiger partial charge in [-0.25, -0.2) is 0 Å². The molecule has 1 unspecified atom stereocenters. The minimum Gasteiger partial charge on any atom is -0.481 e. The van der Waals surface area contributed by atoms with E-state index < -0.39 is 17.6 Å². The lowest BCUT2D eigenvalue weighted by molar-refractivity contribution is -0.138. The summed E-state index contributed by atoms with van der Waals surface area (Å²) in [4.78, 5) is 20.0. The number of hydrogen-bond acceptors (Lipinski definition) is 2. The lowest BCUT2D eigenvalue weighted by Crippen LogP contribution is -2.13. The van der Waals surface area contributed by atoms with E-state index in [0.29, 0.717) is 0 Å². The van der Waals surface area contributed by atoms with Gasteiger partial charge in [0.05, 0.1) is 5.66 Å². The maximum Gasteiger partial charge on any atom is 0.310 e. The molecule has 5 heteroatoms. The van der Waals surface area contributed by atoms with Crippen molar-refractivity contribution in [2.24, 2.45) is 0 Å². The first-order valence-corrected chi connectivity index (χ1v) is 3.41. The second-order valence-corrected chi connectivity index (χ2v) is 2.68. The second-order valence-electron chi connectivity index (χ2n) is 1.88. The van der Waals surface area contributed by atoms with Gasteiger partial charge in [-0.05, 0) is 6.42 Å². The van der Waals surface area contributed by atoms with Crippen LogP contribution in [0.5, 0.6) is 0 Å². The minimum atomic E-state index is -0.980. The molecule has 0 radical (unpaired) electrons. The van der Waals surface area contributed by atoms with E-state index in [9.17, 15) is 9.59 Å². The van der Waals surface area contributed by atoms with Gasteiger partial charge in [0.25, 0.3) is 0 Å². The van der Waals surface area contributed by atoms with Crippen molar-refractivity contribution in [3.05, 3.63) is 0 Å². The van der Waals surface area contributed by atoms with Crippen LogP contribution in [0.3, 0.4) is 0 Å². The molecule has 0 aromatic rings.